The maximum Gasteiger partial charge on any atom is 0.177 e. The van der Waals surface area contributed by atoms with Crippen LogP contribution in [-0.4, -0.2) is 31.6 Å². The summed E-state index contributed by atoms with van der Waals surface area (Å²) in [5.74, 6) is 0.135. The summed E-state index contributed by atoms with van der Waals surface area (Å²) in [5, 5.41) is 1.11. The van der Waals surface area contributed by atoms with Crippen LogP contribution in [0.15, 0.2) is 6.07 Å². The molecule has 2 N–H and O–H groups in total. The minimum Gasteiger partial charge on any atom is -0.397 e. The van der Waals surface area contributed by atoms with Gasteiger partial charge in [0.05, 0.1) is 21.7 Å². The number of carbonyl (C=O) groups is 1. The number of nitrogens with zero attached hydrogens (tertiary/aromatic N) is 1. The van der Waals surface area contributed by atoms with Crippen molar-refractivity contribution in [1.29, 1.82) is 0 Å². The average Bonchev–Trinajstić information content (AvgIpc) is 2.81. The molecule has 2 heterocycles. The normalized spacial score (nSPS) is 16.9. The standard InChI is InChI=1S/C15H24N2O2S/c1-4-19-11-5-7-17(8-6-11)13-9-12(16)15(20-13)14(18)10(2)3/h9-11H,4-8,16H2,1-3H3. The van der Waals surface area contributed by atoms with E-state index in [2.05, 4.69) is 4.90 Å². The zero-order valence-corrected chi connectivity index (χ0v) is 13.3. The molecule has 0 atom stereocenters. The number of nitrogen functional groups attached to an aromatic ring is 1. The molecule has 2 rings (SSSR count). The summed E-state index contributed by atoms with van der Waals surface area (Å²) in [6, 6.07) is 1.95. The largest absolute Gasteiger partial charge is 0.397 e. The van der Waals surface area contributed by atoms with Gasteiger partial charge in [-0.25, -0.2) is 0 Å². The van der Waals surface area contributed by atoms with Gasteiger partial charge in [-0.2, -0.15) is 0 Å². The number of carbonyl (C=O) groups excluding carboxylic acids is 1. The Balaban J connectivity index is 2.04. The van der Waals surface area contributed by atoms with Crippen molar-refractivity contribution in [2.24, 2.45) is 5.92 Å². The topological polar surface area (TPSA) is 55.6 Å². The van der Waals surface area contributed by atoms with Crippen molar-refractivity contribution in [3.8, 4) is 0 Å². The predicted octanol–water partition coefficient (Wildman–Crippen LogP) is 3.17. The van der Waals surface area contributed by atoms with Gasteiger partial charge in [-0.05, 0) is 25.8 Å². The first-order chi connectivity index (χ1) is 9.52. The molecule has 1 aliphatic heterocycles. The second-order valence-electron chi connectivity index (χ2n) is 5.53. The molecule has 0 aliphatic carbocycles. The smallest absolute Gasteiger partial charge is 0.177 e. The summed E-state index contributed by atoms with van der Waals surface area (Å²) in [4.78, 5) is 15.1. The summed E-state index contributed by atoms with van der Waals surface area (Å²) in [6.45, 7) is 8.59. The van der Waals surface area contributed by atoms with E-state index < -0.39 is 0 Å². The molecule has 1 aromatic rings. The van der Waals surface area contributed by atoms with Crippen LogP contribution in [0, 0.1) is 5.92 Å². The minimum absolute atomic E-state index is 0.00695. The maximum absolute atomic E-state index is 12.1. The first-order valence-corrected chi connectivity index (χ1v) is 8.14. The van der Waals surface area contributed by atoms with Crippen LogP contribution in [0.3, 0.4) is 0 Å². The number of piperidine rings is 1. The van der Waals surface area contributed by atoms with Crippen LogP contribution >= 0.6 is 11.3 Å². The van der Waals surface area contributed by atoms with Gasteiger partial charge in [0.2, 0.25) is 0 Å². The lowest BCUT2D eigenvalue weighted by Gasteiger charge is -2.32. The Labute approximate surface area is 124 Å². The predicted molar refractivity (Wildman–Crippen MR) is 84.8 cm³/mol. The molecule has 1 fully saturated rings. The molecule has 1 aromatic heterocycles. The summed E-state index contributed by atoms with van der Waals surface area (Å²) >= 11 is 1.53. The van der Waals surface area contributed by atoms with E-state index in [0.717, 1.165) is 37.5 Å². The van der Waals surface area contributed by atoms with Gasteiger partial charge in [0.25, 0.3) is 0 Å². The number of rotatable bonds is 5. The van der Waals surface area contributed by atoms with Gasteiger partial charge < -0.3 is 15.4 Å². The fourth-order valence-corrected chi connectivity index (χ4v) is 3.70. The van der Waals surface area contributed by atoms with Crippen LogP contribution in [0.4, 0.5) is 10.7 Å². The van der Waals surface area contributed by atoms with E-state index in [1.54, 1.807) is 0 Å². The molecule has 1 aliphatic rings. The molecule has 0 bridgehead atoms. The first-order valence-electron chi connectivity index (χ1n) is 7.33. The lowest BCUT2D eigenvalue weighted by Crippen LogP contribution is -2.36. The SMILES string of the molecule is CCOC1CCN(c2cc(N)c(C(=O)C(C)C)s2)CC1. The molecule has 5 heteroatoms. The molecule has 20 heavy (non-hydrogen) atoms. The van der Waals surface area contributed by atoms with Gasteiger partial charge in [-0.3, -0.25) is 4.79 Å². The highest BCUT2D eigenvalue weighted by Crippen LogP contribution is 2.35. The Morgan fingerprint density at radius 3 is 2.70 bits per heavy atom. The lowest BCUT2D eigenvalue weighted by molar-refractivity contribution is 0.0460. The number of nitrogens with two attached hydrogens (primary N) is 1. The summed E-state index contributed by atoms with van der Waals surface area (Å²) < 4.78 is 5.66. The fraction of sp³-hybridized carbons (Fsp3) is 0.667. The minimum atomic E-state index is -0.00695. The second kappa shape index (κ2) is 6.59. The molecular weight excluding hydrogens is 272 g/mol. The molecule has 1 saturated heterocycles. The Morgan fingerprint density at radius 2 is 2.15 bits per heavy atom. The Hall–Kier alpha value is -1.07. The van der Waals surface area contributed by atoms with E-state index in [1.807, 2.05) is 26.8 Å². The first kappa shape index (κ1) is 15.3. The van der Waals surface area contributed by atoms with Crippen molar-refractivity contribution in [3.63, 3.8) is 0 Å². The highest BCUT2D eigenvalue weighted by Gasteiger charge is 2.23. The third-order valence-electron chi connectivity index (χ3n) is 3.65. The number of hydrogen-bond donors (Lipinski definition) is 1. The van der Waals surface area contributed by atoms with Crippen molar-refractivity contribution in [2.45, 2.75) is 39.7 Å². The van der Waals surface area contributed by atoms with Gasteiger partial charge in [0, 0.05) is 25.6 Å². The van der Waals surface area contributed by atoms with Crippen molar-refractivity contribution >= 4 is 27.8 Å². The summed E-state index contributed by atoms with van der Waals surface area (Å²) in [5.41, 5.74) is 6.62. The number of ether oxygens (including phenoxy) is 1. The van der Waals surface area contributed by atoms with Crippen molar-refractivity contribution in [3.05, 3.63) is 10.9 Å². The molecule has 0 unspecified atom stereocenters. The van der Waals surface area contributed by atoms with E-state index in [-0.39, 0.29) is 11.7 Å². The number of hydrogen-bond acceptors (Lipinski definition) is 5. The maximum atomic E-state index is 12.1. The number of anilines is 2. The zero-order chi connectivity index (χ0) is 14.7. The van der Waals surface area contributed by atoms with Crippen LogP contribution in [0.2, 0.25) is 0 Å². The van der Waals surface area contributed by atoms with Gasteiger partial charge in [-0.15, -0.1) is 11.3 Å². The second-order valence-corrected chi connectivity index (χ2v) is 6.56. The Bertz CT molecular complexity index is 462. The van der Waals surface area contributed by atoms with Crippen molar-refractivity contribution in [1.82, 2.24) is 0 Å². The van der Waals surface area contributed by atoms with Gasteiger partial charge in [0.1, 0.15) is 0 Å². The molecule has 112 valence electrons. The van der Waals surface area contributed by atoms with Crippen molar-refractivity contribution < 1.29 is 9.53 Å². The molecule has 0 amide bonds. The van der Waals surface area contributed by atoms with Gasteiger partial charge in [-0.1, -0.05) is 13.8 Å². The van der Waals surface area contributed by atoms with Crippen LogP contribution in [0.5, 0.6) is 0 Å². The van der Waals surface area contributed by atoms with E-state index >= 15 is 0 Å². The summed E-state index contributed by atoms with van der Waals surface area (Å²) in [7, 11) is 0. The molecular formula is C15H24N2O2S. The van der Waals surface area contributed by atoms with Gasteiger partial charge in [0.15, 0.2) is 5.78 Å². The van der Waals surface area contributed by atoms with E-state index in [9.17, 15) is 4.79 Å². The monoisotopic (exact) mass is 296 g/mol. The molecule has 0 radical (unpaired) electrons. The highest BCUT2D eigenvalue weighted by atomic mass is 32.1. The number of thiophene rings is 1. The molecule has 0 aromatic carbocycles. The van der Waals surface area contributed by atoms with Crippen LogP contribution in [0.1, 0.15) is 43.3 Å². The van der Waals surface area contributed by atoms with Gasteiger partial charge >= 0.3 is 0 Å². The Morgan fingerprint density at radius 1 is 1.50 bits per heavy atom. The fourth-order valence-electron chi connectivity index (χ4n) is 2.48. The number of Topliss-reactive ketones (excluding diaryl/α,β-unsaturated/α-hetero) is 1. The van der Waals surface area contributed by atoms with Crippen LogP contribution in [-0.2, 0) is 4.74 Å². The summed E-state index contributed by atoms with van der Waals surface area (Å²) in [6.07, 6.45) is 2.46. The average molecular weight is 296 g/mol. The van der Waals surface area contributed by atoms with Crippen LogP contribution < -0.4 is 10.6 Å². The van der Waals surface area contributed by atoms with E-state index in [4.69, 9.17) is 10.5 Å². The highest BCUT2D eigenvalue weighted by molar-refractivity contribution is 7.18. The molecule has 0 saturated carbocycles. The number of ketones is 1. The molecule has 0 spiro atoms. The zero-order valence-electron chi connectivity index (χ0n) is 12.5. The quantitative estimate of drug-likeness (QED) is 0.848. The van der Waals surface area contributed by atoms with Crippen molar-refractivity contribution in [2.75, 3.05) is 30.3 Å². The molecule has 4 nitrogen and oxygen atoms in total. The van der Waals surface area contributed by atoms with Crippen LogP contribution in [0.25, 0.3) is 0 Å². The van der Waals surface area contributed by atoms with E-state index in [0.29, 0.717) is 16.7 Å². The third-order valence-corrected chi connectivity index (χ3v) is 4.88. The van der Waals surface area contributed by atoms with E-state index in [1.165, 1.54) is 11.3 Å². The Kier molecular flexibility index (Phi) is 5.05. The lowest BCUT2D eigenvalue weighted by atomic mass is 10.1. The third kappa shape index (κ3) is 3.33.